The summed E-state index contributed by atoms with van der Waals surface area (Å²) < 4.78 is 25.8. The van der Waals surface area contributed by atoms with Crippen molar-refractivity contribution in [3.05, 3.63) is 81.9 Å². The second-order valence-electron chi connectivity index (χ2n) is 14.8. The first-order valence-corrected chi connectivity index (χ1v) is 16.3. The Morgan fingerprint density at radius 2 is 1.57 bits per heavy atom. The van der Waals surface area contributed by atoms with Gasteiger partial charge in [-0.2, -0.15) is 0 Å². The molecule has 5 rings (SSSR count). The summed E-state index contributed by atoms with van der Waals surface area (Å²) in [4.78, 5) is 36.3. The van der Waals surface area contributed by atoms with Crippen LogP contribution in [0.4, 0.5) is 10.1 Å². The second kappa shape index (κ2) is 12.8. The Morgan fingerprint density at radius 1 is 0.935 bits per heavy atom. The van der Waals surface area contributed by atoms with Crippen molar-refractivity contribution >= 4 is 17.6 Å². The molecule has 7 nitrogen and oxygen atoms in total. The van der Waals surface area contributed by atoms with Gasteiger partial charge in [-0.25, -0.2) is 9.18 Å². The fourth-order valence-corrected chi connectivity index (χ4v) is 6.51. The number of hydrogen-bond acceptors (Lipinski definition) is 6. The van der Waals surface area contributed by atoms with Crippen LogP contribution in [0.3, 0.4) is 0 Å². The van der Waals surface area contributed by atoms with Crippen LogP contribution in [0.1, 0.15) is 106 Å². The Morgan fingerprint density at radius 3 is 2.17 bits per heavy atom. The molecule has 1 aromatic heterocycles. The van der Waals surface area contributed by atoms with Gasteiger partial charge in [0.25, 0.3) is 5.91 Å². The number of aromatic nitrogens is 1. The van der Waals surface area contributed by atoms with Crippen molar-refractivity contribution in [1.82, 2.24) is 9.88 Å². The standard InChI is InChI=1S/C38H48FN3O4/c1-23(2)45-36(44)34(46-37(5,6)7)32-25(4)40-24(3)31(33(32)41-18-16-38(8,9)17-19-41)27-10-11-28-21-42(22-29(28)20-27)35(43)26-12-14-30(39)15-13-26/h10-15,20,23,34H,16-19,21-22H2,1-9H3. The SMILES string of the molecule is Cc1nc(C)c(C(OC(C)(C)C)C(=O)OC(C)C)c(N2CCC(C)(C)CC2)c1-c1ccc2c(c1)CN(C(=O)c1ccc(F)cc1)C2. The van der Waals surface area contributed by atoms with Crippen LogP contribution in [0.25, 0.3) is 11.1 Å². The molecule has 2 aromatic carbocycles. The number of pyridine rings is 1. The first-order chi connectivity index (χ1) is 21.5. The molecule has 8 heteroatoms. The molecule has 0 N–H and O–H groups in total. The zero-order valence-corrected chi connectivity index (χ0v) is 28.8. The topological polar surface area (TPSA) is 72.0 Å². The van der Waals surface area contributed by atoms with Crippen molar-refractivity contribution in [2.45, 2.75) is 106 Å². The molecule has 0 aliphatic carbocycles. The van der Waals surface area contributed by atoms with Crippen LogP contribution in [0, 0.1) is 25.1 Å². The molecule has 0 radical (unpaired) electrons. The number of esters is 1. The molecule has 3 aromatic rings. The summed E-state index contributed by atoms with van der Waals surface area (Å²) in [6.45, 7) is 20.7. The molecule has 1 atom stereocenters. The highest BCUT2D eigenvalue weighted by Gasteiger charge is 2.38. The molecule has 1 fully saturated rings. The van der Waals surface area contributed by atoms with Gasteiger partial charge >= 0.3 is 5.97 Å². The summed E-state index contributed by atoms with van der Waals surface area (Å²) in [7, 11) is 0. The lowest BCUT2D eigenvalue weighted by molar-refractivity contribution is -0.171. The number of benzene rings is 2. The van der Waals surface area contributed by atoms with Crippen molar-refractivity contribution < 1.29 is 23.5 Å². The third kappa shape index (κ3) is 7.27. The highest BCUT2D eigenvalue weighted by Crippen LogP contribution is 2.46. The van der Waals surface area contributed by atoms with E-state index in [-0.39, 0.29) is 23.2 Å². The van der Waals surface area contributed by atoms with Crippen LogP contribution in [0.15, 0.2) is 42.5 Å². The summed E-state index contributed by atoms with van der Waals surface area (Å²) in [6, 6.07) is 12.0. The fraction of sp³-hybridized carbons (Fsp3) is 0.500. The smallest absolute Gasteiger partial charge is 0.340 e. The van der Waals surface area contributed by atoms with Gasteiger partial charge in [0.2, 0.25) is 0 Å². The first-order valence-electron chi connectivity index (χ1n) is 16.3. The van der Waals surface area contributed by atoms with E-state index in [4.69, 9.17) is 14.5 Å². The summed E-state index contributed by atoms with van der Waals surface area (Å²) in [6.07, 6.45) is 0.766. The summed E-state index contributed by atoms with van der Waals surface area (Å²) in [5, 5.41) is 0. The maximum absolute atomic E-state index is 13.8. The lowest BCUT2D eigenvalue weighted by atomic mass is 9.81. The molecule has 2 aliphatic rings. The third-order valence-electron chi connectivity index (χ3n) is 8.91. The van der Waals surface area contributed by atoms with Crippen LogP contribution < -0.4 is 4.90 Å². The normalized spacial score (nSPS) is 16.8. The highest BCUT2D eigenvalue weighted by atomic mass is 19.1. The monoisotopic (exact) mass is 629 g/mol. The maximum Gasteiger partial charge on any atom is 0.340 e. The number of piperidine rings is 1. The van der Waals surface area contributed by atoms with E-state index >= 15 is 0 Å². The number of rotatable bonds is 7. The van der Waals surface area contributed by atoms with Crippen molar-refractivity contribution in [3.63, 3.8) is 0 Å². The van der Waals surface area contributed by atoms with Gasteiger partial charge in [-0.05, 0) is 114 Å². The van der Waals surface area contributed by atoms with Crippen molar-refractivity contribution in [1.29, 1.82) is 0 Å². The molecular weight excluding hydrogens is 581 g/mol. The Kier molecular flexibility index (Phi) is 9.33. The van der Waals surface area contributed by atoms with Gasteiger partial charge < -0.3 is 19.3 Å². The number of nitrogens with zero attached hydrogens (tertiary/aromatic N) is 3. The number of amides is 1. The number of ether oxygens (including phenoxy) is 2. The van der Waals surface area contributed by atoms with Crippen molar-refractivity contribution in [2.75, 3.05) is 18.0 Å². The van der Waals surface area contributed by atoms with Crippen LogP contribution in [-0.2, 0) is 27.4 Å². The molecule has 46 heavy (non-hydrogen) atoms. The minimum Gasteiger partial charge on any atom is -0.461 e. The molecule has 2 aliphatic heterocycles. The molecule has 0 bridgehead atoms. The Labute approximate surface area is 273 Å². The average Bonchev–Trinajstić information content (AvgIpc) is 3.39. The summed E-state index contributed by atoms with van der Waals surface area (Å²) in [5.74, 6) is -0.921. The Balaban J connectivity index is 1.62. The van der Waals surface area contributed by atoms with E-state index in [2.05, 4.69) is 36.9 Å². The van der Waals surface area contributed by atoms with E-state index in [0.29, 0.717) is 18.7 Å². The van der Waals surface area contributed by atoms with Crippen LogP contribution in [0.2, 0.25) is 0 Å². The molecule has 1 saturated heterocycles. The number of halogens is 1. The zero-order valence-electron chi connectivity index (χ0n) is 28.8. The second-order valence-corrected chi connectivity index (χ2v) is 14.8. The molecule has 3 heterocycles. The third-order valence-corrected chi connectivity index (χ3v) is 8.91. The quantitative estimate of drug-likeness (QED) is 0.246. The van der Waals surface area contributed by atoms with Gasteiger partial charge in [-0.15, -0.1) is 0 Å². The minimum absolute atomic E-state index is 0.129. The lowest BCUT2D eigenvalue weighted by Crippen LogP contribution is -2.39. The number of carbonyl (C=O) groups is 2. The Bertz CT molecular complexity index is 1610. The minimum atomic E-state index is -0.961. The van der Waals surface area contributed by atoms with Crippen molar-refractivity contribution in [3.8, 4) is 11.1 Å². The zero-order chi connectivity index (χ0) is 33.6. The number of fused-ring (bicyclic) bond motifs is 1. The maximum atomic E-state index is 13.8. The molecule has 246 valence electrons. The molecule has 1 amide bonds. The van der Waals surface area contributed by atoms with Gasteiger partial charge in [0, 0.05) is 54.3 Å². The van der Waals surface area contributed by atoms with Gasteiger partial charge in [0.05, 0.1) is 17.4 Å². The number of aryl methyl sites for hydroxylation is 2. The number of carbonyl (C=O) groups excluding carboxylic acids is 2. The van der Waals surface area contributed by atoms with E-state index in [1.54, 1.807) is 4.90 Å². The van der Waals surface area contributed by atoms with Crippen LogP contribution in [0.5, 0.6) is 0 Å². The van der Waals surface area contributed by atoms with Crippen LogP contribution >= 0.6 is 0 Å². The van der Waals surface area contributed by atoms with E-state index in [0.717, 1.165) is 70.8 Å². The fourth-order valence-electron chi connectivity index (χ4n) is 6.51. The lowest BCUT2D eigenvalue weighted by Gasteiger charge is -2.41. The molecular formula is C38H48FN3O4. The number of anilines is 1. The average molecular weight is 630 g/mol. The predicted molar refractivity (Wildman–Crippen MR) is 179 cm³/mol. The van der Waals surface area contributed by atoms with Gasteiger partial charge in [-0.3, -0.25) is 9.78 Å². The van der Waals surface area contributed by atoms with Crippen molar-refractivity contribution in [2.24, 2.45) is 5.41 Å². The summed E-state index contributed by atoms with van der Waals surface area (Å²) >= 11 is 0. The summed E-state index contributed by atoms with van der Waals surface area (Å²) in [5.41, 5.74) is 7.47. The van der Waals surface area contributed by atoms with E-state index in [1.807, 2.05) is 48.5 Å². The Hall–Kier alpha value is -3.78. The van der Waals surface area contributed by atoms with E-state index in [9.17, 15) is 14.0 Å². The van der Waals surface area contributed by atoms with E-state index in [1.165, 1.54) is 24.3 Å². The largest absolute Gasteiger partial charge is 0.461 e. The van der Waals surface area contributed by atoms with E-state index < -0.39 is 17.7 Å². The predicted octanol–water partition coefficient (Wildman–Crippen LogP) is 8.09. The highest BCUT2D eigenvalue weighted by molar-refractivity contribution is 5.94. The van der Waals surface area contributed by atoms with Crippen LogP contribution in [-0.4, -0.2) is 46.6 Å². The van der Waals surface area contributed by atoms with Gasteiger partial charge in [-0.1, -0.05) is 26.0 Å². The molecule has 1 unspecified atom stereocenters. The number of hydrogen-bond donors (Lipinski definition) is 0. The van der Waals surface area contributed by atoms with Gasteiger partial charge in [0.15, 0.2) is 6.10 Å². The molecule has 0 spiro atoms. The first kappa shape index (κ1) is 33.6. The van der Waals surface area contributed by atoms with Gasteiger partial charge in [0.1, 0.15) is 5.82 Å². The molecule has 0 saturated carbocycles.